The predicted octanol–water partition coefficient (Wildman–Crippen LogP) is 1.92. The molecular weight excluding hydrogens is 332 g/mol. The van der Waals surface area contributed by atoms with Gasteiger partial charge in [0, 0.05) is 24.2 Å². The van der Waals surface area contributed by atoms with Gasteiger partial charge in [-0.3, -0.25) is 14.0 Å². The number of hydrogen-bond acceptors (Lipinski definition) is 5. The van der Waals surface area contributed by atoms with Crippen molar-refractivity contribution in [2.45, 2.75) is 13.8 Å². The number of carbonyl (C=O) groups excluding carboxylic acids is 1. The first-order valence-electron chi connectivity index (χ1n) is 8.02. The highest BCUT2D eigenvalue weighted by atomic mass is 16.3. The Kier molecular flexibility index (Phi) is 3.20. The van der Waals surface area contributed by atoms with Crippen molar-refractivity contribution >= 4 is 33.7 Å². The number of hydrogen-bond donors (Lipinski definition) is 3. The minimum Gasteiger partial charge on any atom is -0.508 e. The number of fused-ring (bicyclic) bond motifs is 3. The van der Waals surface area contributed by atoms with Gasteiger partial charge >= 0.3 is 0 Å². The molecule has 132 valence electrons. The summed E-state index contributed by atoms with van der Waals surface area (Å²) in [6.07, 6.45) is 3.26. The molecule has 0 atom stereocenters. The summed E-state index contributed by atoms with van der Waals surface area (Å²) in [5.74, 6) is -0.279. The van der Waals surface area contributed by atoms with Crippen LogP contribution in [0.5, 0.6) is 5.75 Å². The van der Waals surface area contributed by atoms with Crippen LogP contribution in [0.1, 0.15) is 21.5 Å². The Morgan fingerprint density at radius 1 is 1.19 bits per heavy atom. The van der Waals surface area contributed by atoms with Crippen LogP contribution in [0.2, 0.25) is 0 Å². The zero-order valence-electron chi connectivity index (χ0n) is 14.6. The first-order chi connectivity index (χ1) is 12.3. The molecule has 1 aromatic carbocycles. The number of aromatic hydroxyl groups is 1. The van der Waals surface area contributed by atoms with Gasteiger partial charge in [-0.05, 0) is 25.5 Å². The molecule has 8 nitrogen and oxygen atoms in total. The molecule has 0 spiro atoms. The fourth-order valence-corrected chi connectivity index (χ4v) is 3.54. The summed E-state index contributed by atoms with van der Waals surface area (Å²) >= 11 is 0. The second-order valence-electron chi connectivity index (χ2n) is 6.36. The molecule has 3 heterocycles. The first-order valence-corrected chi connectivity index (χ1v) is 8.02. The van der Waals surface area contributed by atoms with Gasteiger partial charge in [0.05, 0.1) is 28.4 Å². The lowest BCUT2D eigenvalue weighted by Gasteiger charge is -2.16. The molecule has 4 rings (SSSR count). The molecule has 0 saturated carbocycles. The highest BCUT2D eigenvalue weighted by molar-refractivity contribution is 6.17. The molecule has 0 radical (unpaired) electrons. The molecule has 3 aromatic heterocycles. The van der Waals surface area contributed by atoms with E-state index in [9.17, 15) is 9.90 Å². The molecule has 0 aliphatic carbocycles. The average Bonchev–Trinajstić information content (AvgIpc) is 3.10. The number of nitrogens with two attached hydrogens (primary N) is 2. The minimum absolute atomic E-state index is 0.143. The van der Waals surface area contributed by atoms with Crippen molar-refractivity contribution in [3.8, 4) is 11.4 Å². The third kappa shape index (κ3) is 1.92. The van der Waals surface area contributed by atoms with Crippen molar-refractivity contribution < 1.29 is 9.90 Å². The molecule has 0 bridgehead atoms. The molecule has 0 aliphatic rings. The van der Waals surface area contributed by atoms with Gasteiger partial charge in [0.2, 0.25) is 0 Å². The average molecular weight is 350 g/mol. The molecule has 26 heavy (non-hydrogen) atoms. The van der Waals surface area contributed by atoms with Crippen LogP contribution in [-0.2, 0) is 7.05 Å². The van der Waals surface area contributed by atoms with Gasteiger partial charge in [-0.1, -0.05) is 6.07 Å². The van der Waals surface area contributed by atoms with Crippen molar-refractivity contribution in [3.63, 3.8) is 0 Å². The zero-order valence-corrected chi connectivity index (χ0v) is 14.6. The number of nitrogens with zero attached hydrogens (tertiary/aromatic N) is 4. The Hall–Kier alpha value is -3.55. The Morgan fingerprint density at radius 3 is 2.62 bits per heavy atom. The van der Waals surface area contributed by atoms with Crippen LogP contribution in [0.3, 0.4) is 0 Å². The lowest BCUT2D eigenvalue weighted by Crippen LogP contribution is -2.14. The molecule has 5 N–H and O–H groups in total. The SMILES string of the molecule is Cc1ccc(O)c(C)c1-n1c(N)c(C(N)=O)c2cnc3c(cnn3C)c21. The van der Waals surface area contributed by atoms with Gasteiger partial charge in [0.15, 0.2) is 5.65 Å². The molecule has 0 aliphatic heterocycles. The number of carbonyl (C=O) groups is 1. The van der Waals surface area contributed by atoms with E-state index in [-0.39, 0.29) is 17.1 Å². The second-order valence-corrected chi connectivity index (χ2v) is 6.36. The largest absolute Gasteiger partial charge is 0.508 e. The van der Waals surface area contributed by atoms with Gasteiger partial charge in [0.1, 0.15) is 11.6 Å². The Labute approximate surface area is 148 Å². The summed E-state index contributed by atoms with van der Waals surface area (Å²) in [4.78, 5) is 16.5. The highest BCUT2D eigenvalue weighted by Crippen LogP contribution is 2.38. The van der Waals surface area contributed by atoms with E-state index in [4.69, 9.17) is 11.5 Å². The third-order valence-electron chi connectivity index (χ3n) is 4.80. The number of phenols is 1. The summed E-state index contributed by atoms with van der Waals surface area (Å²) in [7, 11) is 1.79. The topological polar surface area (TPSA) is 125 Å². The van der Waals surface area contributed by atoms with Crippen LogP contribution in [0.15, 0.2) is 24.5 Å². The zero-order chi connectivity index (χ0) is 18.7. The van der Waals surface area contributed by atoms with Crippen molar-refractivity contribution in [1.82, 2.24) is 19.3 Å². The molecule has 4 aromatic rings. The summed E-state index contributed by atoms with van der Waals surface area (Å²) < 4.78 is 3.40. The third-order valence-corrected chi connectivity index (χ3v) is 4.80. The Bertz CT molecular complexity index is 1220. The highest BCUT2D eigenvalue weighted by Gasteiger charge is 2.25. The quantitative estimate of drug-likeness (QED) is 0.509. The van der Waals surface area contributed by atoms with Crippen molar-refractivity contribution in [2.75, 3.05) is 5.73 Å². The maximum absolute atomic E-state index is 12.1. The number of nitrogen functional groups attached to an aromatic ring is 1. The van der Waals surface area contributed by atoms with Gasteiger partial charge in [-0.25, -0.2) is 4.98 Å². The van der Waals surface area contributed by atoms with E-state index in [2.05, 4.69) is 10.1 Å². The molecular formula is C18H18N6O2. The van der Waals surface area contributed by atoms with Crippen molar-refractivity contribution in [2.24, 2.45) is 12.8 Å². The number of pyridine rings is 1. The van der Waals surface area contributed by atoms with E-state index in [1.165, 1.54) is 0 Å². The van der Waals surface area contributed by atoms with E-state index < -0.39 is 5.91 Å². The number of aromatic nitrogens is 4. The monoisotopic (exact) mass is 350 g/mol. The first kappa shape index (κ1) is 15.9. The van der Waals surface area contributed by atoms with Crippen LogP contribution in [0.4, 0.5) is 5.82 Å². The van der Waals surface area contributed by atoms with E-state index in [1.807, 2.05) is 6.92 Å². The van der Waals surface area contributed by atoms with E-state index in [0.717, 1.165) is 10.9 Å². The van der Waals surface area contributed by atoms with Crippen LogP contribution >= 0.6 is 0 Å². The minimum atomic E-state index is -0.633. The molecule has 8 heteroatoms. The second kappa shape index (κ2) is 5.22. The fraction of sp³-hybridized carbons (Fsp3) is 0.167. The fourth-order valence-electron chi connectivity index (χ4n) is 3.54. The number of amides is 1. The van der Waals surface area contributed by atoms with E-state index in [1.54, 1.807) is 47.7 Å². The number of aryl methyl sites for hydroxylation is 2. The van der Waals surface area contributed by atoms with Gasteiger partial charge < -0.3 is 16.6 Å². The van der Waals surface area contributed by atoms with Crippen LogP contribution < -0.4 is 11.5 Å². The summed E-state index contributed by atoms with van der Waals surface area (Å²) in [5, 5.41) is 15.8. The number of rotatable bonds is 2. The maximum atomic E-state index is 12.1. The number of phenolic OH excluding ortho intramolecular Hbond substituents is 1. The van der Waals surface area contributed by atoms with Gasteiger partial charge in [0.25, 0.3) is 5.91 Å². The van der Waals surface area contributed by atoms with Crippen LogP contribution in [0.25, 0.3) is 27.6 Å². The van der Waals surface area contributed by atoms with Crippen molar-refractivity contribution in [3.05, 3.63) is 41.2 Å². The lowest BCUT2D eigenvalue weighted by atomic mass is 10.1. The number of benzene rings is 1. The van der Waals surface area contributed by atoms with E-state index >= 15 is 0 Å². The predicted molar refractivity (Wildman–Crippen MR) is 99.4 cm³/mol. The summed E-state index contributed by atoms with van der Waals surface area (Å²) in [5.41, 5.74) is 15.8. The molecule has 0 saturated heterocycles. The Balaban J connectivity index is 2.30. The molecule has 0 unspecified atom stereocenters. The van der Waals surface area contributed by atoms with Crippen molar-refractivity contribution in [1.29, 1.82) is 0 Å². The van der Waals surface area contributed by atoms with Gasteiger partial charge in [-0.2, -0.15) is 5.10 Å². The number of anilines is 1. The van der Waals surface area contributed by atoms with Crippen LogP contribution in [-0.4, -0.2) is 30.3 Å². The normalized spacial score (nSPS) is 11.5. The van der Waals surface area contributed by atoms with Gasteiger partial charge in [-0.15, -0.1) is 0 Å². The summed E-state index contributed by atoms with van der Waals surface area (Å²) in [6.45, 7) is 3.72. The smallest absolute Gasteiger partial charge is 0.253 e. The molecule has 1 amide bonds. The van der Waals surface area contributed by atoms with E-state index in [0.29, 0.717) is 27.8 Å². The molecule has 0 fully saturated rings. The number of primary amides is 1. The van der Waals surface area contributed by atoms with Crippen LogP contribution in [0, 0.1) is 13.8 Å². The maximum Gasteiger partial charge on any atom is 0.253 e. The lowest BCUT2D eigenvalue weighted by molar-refractivity contribution is 0.100. The summed E-state index contributed by atoms with van der Waals surface area (Å²) in [6, 6.07) is 3.43. The standard InChI is InChI=1S/C18H18N6O2/c1-8-4-5-12(25)9(2)14(8)24-15-10(13(16(24)19)17(20)26)6-21-18-11(15)7-22-23(18)3/h4-7,25H,19H2,1-3H3,(H2,20,26). The Morgan fingerprint density at radius 2 is 1.92 bits per heavy atom.